The molecule has 29 heavy (non-hydrogen) atoms. The Labute approximate surface area is 164 Å². The smallest absolute Gasteiger partial charge is 0.387 e. The molecule has 8 heteroatoms. The third-order valence-corrected chi connectivity index (χ3v) is 4.22. The van der Waals surface area contributed by atoms with E-state index >= 15 is 0 Å². The lowest BCUT2D eigenvalue weighted by Gasteiger charge is -2.15. The first-order valence-electron chi connectivity index (χ1n) is 8.61. The number of nitrogens with zero attached hydrogens (tertiary/aromatic N) is 1. The Morgan fingerprint density at radius 3 is 2.79 bits per heavy atom. The average Bonchev–Trinajstić information content (AvgIpc) is 3.08. The van der Waals surface area contributed by atoms with Gasteiger partial charge in [-0.3, -0.25) is 0 Å². The first-order valence-corrected chi connectivity index (χ1v) is 8.61. The van der Waals surface area contributed by atoms with Gasteiger partial charge < -0.3 is 18.9 Å². The number of alkyl halides is 2. The van der Waals surface area contributed by atoms with Gasteiger partial charge in [-0.15, -0.1) is 0 Å². The van der Waals surface area contributed by atoms with Gasteiger partial charge in [-0.1, -0.05) is 18.2 Å². The van der Waals surface area contributed by atoms with Crippen molar-refractivity contribution in [1.82, 2.24) is 0 Å². The van der Waals surface area contributed by atoms with Gasteiger partial charge in [-0.2, -0.15) is 8.78 Å². The molecule has 0 bridgehead atoms. The maximum Gasteiger partial charge on any atom is 0.387 e. The number of halogens is 2. The lowest BCUT2D eigenvalue weighted by atomic mass is 10.1. The van der Waals surface area contributed by atoms with Crippen LogP contribution in [0.2, 0.25) is 0 Å². The summed E-state index contributed by atoms with van der Waals surface area (Å²) in [6.45, 7) is -2.69. The second-order valence-corrected chi connectivity index (χ2v) is 6.13. The molecule has 0 N–H and O–H groups in total. The van der Waals surface area contributed by atoms with Crippen LogP contribution in [-0.4, -0.2) is 32.2 Å². The Morgan fingerprint density at radius 2 is 2.00 bits per heavy atom. The minimum Gasteiger partial charge on any atom is -0.493 e. The van der Waals surface area contributed by atoms with Crippen LogP contribution in [0.15, 0.2) is 64.8 Å². The highest BCUT2D eigenvalue weighted by molar-refractivity contribution is 6.11. The molecule has 0 radical (unpaired) electrons. The SMILES string of the molecule is COc1cc(C2=N/C(=C/C3=Cc4ccccc4OC3)C(=O)O2)ccc1OC(F)F. The van der Waals surface area contributed by atoms with Gasteiger partial charge in [0.15, 0.2) is 17.2 Å². The summed E-state index contributed by atoms with van der Waals surface area (Å²) >= 11 is 0. The molecule has 0 aliphatic carbocycles. The van der Waals surface area contributed by atoms with E-state index in [1.807, 2.05) is 30.3 Å². The zero-order chi connectivity index (χ0) is 20.4. The van der Waals surface area contributed by atoms with E-state index in [2.05, 4.69) is 9.73 Å². The van der Waals surface area contributed by atoms with Gasteiger partial charge in [-0.05, 0) is 42.0 Å². The Kier molecular flexibility index (Phi) is 4.99. The monoisotopic (exact) mass is 399 g/mol. The maximum absolute atomic E-state index is 12.5. The van der Waals surface area contributed by atoms with Gasteiger partial charge in [0.25, 0.3) is 0 Å². The van der Waals surface area contributed by atoms with E-state index < -0.39 is 12.6 Å². The number of ether oxygens (including phenoxy) is 4. The number of hydrogen-bond acceptors (Lipinski definition) is 6. The Morgan fingerprint density at radius 1 is 1.17 bits per heavy atom. The molecule has 2 heterocycles. The molecule has 2 aromatic carbocycles. The summed E-state index contributed by atoms with van der Waals surface area (Å²) in [5, 5.41) is 0. The molecule has 0 atom stereocenters. The zero-order valence-electron chi connectivity index (χ0n) is 15.2. The highest BCUT2D eigenvalue weighted by Crippen LogP contribution is 2.31. The van der Waals surface area contributed by atoms with Crippen LogP contribution in [-0.2, 0) is 9.53 Å². The van der Waals surface area contributed by atoms with Crippen molar-refractivity contribution in [1.29, 1.82) is 0 Å². The van der Waals surface area contributed by atoms with Crippen LogP contribution in [0, 0.1) is 0 Å². The first-order chi connectivity index (χ1) is 14.0. The average molecular weight is 399 g/mol. The Hall–Kier alpha value is -3.68. The number of fused-ring (bicyclic) bond motifs is 1. The van der Waals surface area contributed by atoms with Crippen molar-refractivity contribution in [2.45, 2.75) is 6.61 Å². The van der Waals surface area contributed by atoms with Crippen molar-refractivity contribution < 1.29 is 32.5 Å². The second kappa shape index (κ2) is 7.75. The van der Waals surface area contributed by atoms with Crippen LogP contribution >= 0.6 is 0 Å². The number of methoxy groups -OCH3 is 1. The molecule has 0 saturated carbocycles. The number of rotatable bonds is 5. The summed E-state index contributed by atoms with van der Waals surface area (Å²) in [6, 6.07) is 11.7. The predicted molar refractivity (Wildman–Crippen MR) is 100 cm³/mol. The molecule has 6 nitrogen and oxygen atoms in total. The predicted octanol–water partition coefficient (Wildman–Crippen LogP) is 3.96. The molecule has 148 valence electrons. The van der Waals surface area contributed by atoms with Gasteiger partial charge in [0.05, 0.1) is 7.11 Å². The van der Waals surface area contributed by atoms with Gasteiger partial charge in [0.2, 0.25) is 5.90 Å². The number of esters is 1. The van der Waals surface area contributed by atoms with Gasteiger partial charge in [0.1, 0.15) is 12.4 Å². The quantitative estimate of drug-likeness (QED) is 0.563. The molecule has 0 spiro atoms. The van der Waals surface area contributed by atoms with E-state index in [1.54, 1.807) is 6.08 Å². The number of carbonyl (C=O) groups is 1. The summed E-state index contributed by atoms with van der Waals surface area (Å²) in [4.78, 5) is 16.4. The van der Waals surface area contributed by atoms with Gasteiger partial charge >= 0.3 is 12.6 Å². The van der Waals surface area contributed by atoms with Crippen LogP contribution in [0.3, 0.4) is 0 Å². The lowest BCUT2D eigenvalue weighted by molar-refractivity contribution is -0.130. The molecule has 0 amide bonds. The summed E-state index contributed by atoms with van der Waals surface area (Å²) in [6.07, 6.45) is 3.50. The number of aliphatic imine (C=N–C) groups is 1. The van der Waals surface area contributed by atoms with E-state index in [9.17, 15) is 13.6 Å². The van der Waals surface area contributed by atoms with Crippen LogP contribution in [0.4, 0.5) is 8.78 Å². The van der Waals surface area contributed by atoms with Gasteiger partial charge in [0, 0.05) is 11.1 Å². The van der Waals surface area contributed by atoms with E-state index in [0.29, 0.717) is 12.2 Å². The Balaban J connectivity index is 1.61. The summed E-state index contributed by atoms with van der Waals surface area (Å²) in [7, 11) is 1.32. The van der Waals surface area contributed by atoms with Crippen molar-refractivity contribution in [2.24, 2.45) is 4.99 Å². The molecule has 2 aromatic rings. The number of hydrogen-bond donors (Lipinski definition) is 0. The number of para-hydroxylation sites is 1. The van der Waals surface area contributed by atoms with E-state index in [-0.39, 0.29) is 23.1 Å². The lowest BCUT2D eigenvalue weighted by Crippen LogP contribution is -2.08. The fourth-order valence-corrected chi connectivity index (χ4v) is 2.92. The molecule has 2 aliphatic rings. The standard InChI is InChI=1S/C21H15F2NO5/c1-26-18-10-14(6-7-17(18)28-21(22)23)19-24-15(20(25)29-19)9-12-8-13-4-2-3-5-16(13)27-11-12/h2-10,21H,11H2,1H3/b15-9+. The van der Waals surface area contributed by atoms with Crippen molar-refractivity contribution in [3.8, 4) is 17.2 Å². The van der Waals surface area contributed by atoms with E-state index in [1.165, 1.54) is 25.3 Å². The summed E-state index contributed by atoms with van der Waals surface area (Å²) < 4.78 is 45.3. The van der Waals surface area contributed by atoms with E-state index in [0.717, 1.165) is 16.9 Å². The highest BCUT2D eigenvalue weighted by atomic mass is 19.3. The van der Waals surface area contributed by atoms with Crippen LogP contribution in [0.1, 0.15) is 11.1 Å². The first kappa shape index (κ1) is 18.7. The number of benzene rings is 2. The molecule has 0 fully saturated rings. The topological polar surface area (TPSA) is 66.4 Å². The van der Waals surface area contributed by atoms with Crippen molar-refractivity contribution in [2.75, 3.05) is 13.7 Å². The molecule has 0 saturated heterocycles. The molecular weight excluding hydrogens is 384 g/mol. The number of carbonyl (C=O) groups excluding carboxylic acids is 1. The Bertz CT molecular complexity index is 1060. The fraction of sp³-hybridized carbons (Fsp3) is 0.143. The van der Waals surface area contributed by atoms with Crippen molar-refractivity contribution in [3.63, 3.8) is 0 Å². The molecule has 0 unspecified atom stereocenters. The van der Waals surface area contributed by atoms with Crippen LogP contribution in [0.5, 0.6) is 17.2 Å². The largest absolute Gasteiger partial charge is 0.493 e. The van der Waals surface area contributed by atoms with E-state index in [4.69, 9.17) is 14.2 Å². The zero-order valence-corrected chi connectivity index (χ0v) is 15.2. The third kappa shape index (κ3) is 3.96. The molecule has 2 aliphatic heterocycles. The minimum atomic E-state index is -2.98. The fourth-order valence-electron chi connectivity index (χ4n) is 2.92. The number of cyclic esters (lactones) is 1. The molecule has 4 rings (SSSR count). The van der Waals surface area contributed by atoms with Crippen molar-refractivity contribution in [3.05, 3.63) is 70.9 Å². The second-order valence-electron chi connectivity index (χ2n) is 6.13. The maximum atomic E-state index is 12.5. The van der Waals surface area contributed by atoms with Gasteiger partial charge in [-0.25, -0.2) is 9.79 Å². The summed E-state index contributed by atoms with van der Waals surface area (Å²) in [5.41, 5.74) is 2.17. The normalized spacial score (nSPS) is 16.7. The molecular formula is C21H15F2NO5. The van der Waals surface area contributed by atoms with Crippen LogP contribution < -0.4 is 14.2 Å². The van der Waals surface area contributed by atoms with Crippen molar-refractivity contribution >= 4 is 17.9 Å². The molecule has 0 aromatic heterocycles. The third-order valence-electron chi connectivity index (χ3n) is 4.22. The van der Waals surface area contributed by atoms with Crippen LogP contribution in [0.25, 0.3) is 6.08 Å². The minimum absolute atomic E-state index is 0.0425. The summed E-state index contributed by atoms with van der Waals surface area (Å²) in [5.74, 6) is 0.132. The highest BCUT2D eigenvalue weighted by Gasteiger charge is 2.26.